The summed E-state index contributed by atoms with van der Waals surface area (Å²) >= 11 is 1.81. The zero-order chi connectivity index (χ0) is 24.0. The molecule has 1 aliphatic heterocycles. The maximum atomic E-state index is 13.1. The molecule has 0 bridgehead atoms. The first-order chi connectivity index (χ1) is 16.5. The number of hydrogen-bond acceptors (Lipinski definition) is 6. The summed E-state index contributed by atoms with van der Waals surface area (Å²) < 4.78 is 11.5. The summed E-state index contributed by atoms with van der Waals surface area (Å²) in [5, 5.41) is 13.6. The molecular weight excluding hydrogens is 450 g/mol. The van der Waals surface area contributed by atoms with E-state index in [0.29, 0.717) is 25.1 Å². The Balaban J connectivity index is 1.43. The summed E-state index contributed by atoms with van der Waals surface area (Å²) in [6.45, 7) is 2.20. The minimum absolute atomic E-state index is 0.103. The molecule has 3 aromatic rings. The monoisotopic (exact) mass is 481 g/mol. The van der Waals surface area contributed by atoms with Gasteiger partial charge in [0.2, 0.25) is 17.1 Å². The lowest BCUT2D eigenvalue weighted by Gasteiger charge is -2.35. The van der Waals surface area contributed by atoms with Crippen LogP contribution >= 0.6 is 11.8 Å². The number of hydrogen-bond donors (Lipinski definition) is 2. The molecule has 1 amide bonds. The molecule has 1 saturated heterocycles. The molecule has 180 valence electrons. The number of rotatable bonds is 9. The highest BCUT2D eigenvalue weighted by atomic mass is 32.2. The first-order valence-corrected chi connectivity index (χ1v) is 12.9. The molecule has 0 saturated carbocycles. The zero-order valence-electron chi connectivity index (χ0n) is 19.4. The van der Waals surface area contributed by atoms with Crippen LogP contribution in [0.2, 0.25) is 0 Å². The SMILES string of the molecule is Cc1cc(=O)c(O)c(C2(CC(=O)NCCC(Cc3ccccc3)c3ccco3)CCSCC2)o1. The molecule has 2 N–H and O–H groups in total. The molecule has 1 unspecified atom stereocenters. The van der Waals surface area contributed by atoms with Crippen molar-refractivity contribution in [2.75, 3.05) is 18.1 Å². The van der Waals surface area contributed by atoms with Crippen LogP contribution in [0.1, 0.15) is 54.4 Å². The lowest BCUT2D eigenvalue weighted by Crippen LogP contribution is -2.39. The number of benzene rings is 1. The molecule has 2 aromatic heterocycles. The van der Waals surface area contributed by atoms with Crippen molar-refractivity contribution in [1.29, 1.82) is 0 Å². The van der Waals surface area contributed by atoms with Gasteiger partial charge in [-0.15, -0.1) is 0 Å². The summed E-state index contributed by atoms with van der Waals surface area (Å²) in [4.78, 5) is 25.3. The Hall–Kier alpha value is -2.93. The average Bonchev–Trinajstić information content (AvgIpc) is 3.37. The van der Waals surface area contributed by atoms with E-state index in [0.717, 1.165) is 30.1 Å². The lowest BCUT2D eigenvalue weighted by atomic mass is 9.75. The Morgan fingerprint density at radius 2 is 1.94 bits per heavy atom. The Morgan fingerprint density at radius 1 is 1.18 bits per heavy atom. The van der Waals surface area contributed by atoms with Crippen molar-refractivity contribution < 1.29 is 18.7 Å². The van der Waals surface area contributed by atoms with Crippen molar-refractivity contribution in [1.82, 2.24) is 5.32 Å². The summed E-state index contributed by atoms with van der Waals surface area (Å²) in [6.07, 6.45) is 4.77. The molecule has 0 spiro atoms. The highest BCUT2D eigenvalue weighted by Crippen LogP contribution is 2.44. The van der Waals surface area contributed by atoms with Crippen LogP contribution in [0, 0.1) is 6.92 Å². The van der Waals surface area contributed by atoms with Gasteiger partial charge in [0.15, 0.2) is 5.76 Å². The molecule has 34 heavy (non-hydrogen) atoms. The Kier molecular flexibility index (Phi) is 7.83. The summed E-state index contributed by atoms with van der Waals surface area (Å²) in [5.41, 5.74) is 0.0903. The molecule has 3 heterocycles. The van der Waals surface area contributed by atoms with Gasteiger partial charge in [0.1, 0.15) is 11.5 Å². The third kappa shape index (κ3) is 5.76. The van der Waals surface area contributed by atoms with Crippen LogP contribution in [0.15, 0.2) is 68.4 Å². The van der Waals surface area contributed by atoms with Gasteiger partial charge in [0.05, 0.1) is 6.26 Å². The Bertz CT molecular complexity index is 1130. The molecule has 1 atom stereocenters. The van der Waals surface area contributed by atoms with E-state index in [-0.39, 0.29) is 29.8 Å². The van der Waals surface area contributed by atoms with Gasteiger partial charge in [-0.3, -0.25) is 9.59 Å². The fourth-order valence-electron chi connectivity index (χ4n) is 4.73. The number of amides is 1. The number of furan rings is 1. The number of carbonyl (C=O) groups is 1. The first kappa shape index (κ1) is 24.2. The smallest absolute Gasteiger partial charge is 0.227 e. The lowest BCUT2D eigenvalue weighted by molar-refractivity contribution is -0.122. The molecule has 4 rings (SSSR count). The Morgan fingerprint density at radius 3 is 2.65 bits per heavy atom. The normalized spacial score (nSPS) is 16.1. The Labute approximate surface area is 203 Å². The highest BCUT2D eigenvalue weighted by molar-refractivity contribution is 7.99. The molecule has 6 nitrogen and oxygen atoms in total. The summed E-state index contributed by atoms with van der Waals surface area (Å²) in [6, 6.07) is 15.4. The minimum atomic E-state index is -0.672. The van der Waals surface area contributed by atoms with E-state index in [2.05, 4.69) is 17.4 Å². The van der Waals surface area contributed by atoms with Gasteiger partial charge < -0.3 is 19.3 Å². The molecule has 7 heteroatoms. The van der Waals surface area contributed by atoms with Gasteiger partial charge in [-0.05, 0) is 61.8 Å². The molecular formula is C27H31NO5S. The fraction of sp³-hybridized carbons (Fsp3) is 0.407. The predicted octanol–water partition coefficient (Wildman–Crippen LogP) is 4.93. The average molecular weight is 482 g/mol. The van der Waals surface area contributed by atoms with Crippen molar-refractivity contribution in [2.45, 2.75) is 50.4 Å². The third-order valence-electron chi connectivity index (χ3n) is 6.56. The van der Waals surface area contributed by atoms with Crippen LogP contribution in [0.25, 0.3) is 0 Å². The van der Waals surface area contributed by atoms with E-state index in [1.807, 2.05) is 42.1 Å². The van der Waals surface area contributed by atoms with E-state index in [1.54, 1.807) is 13.2 Å². The number of aromatic hydroxyl groups is 1. The van der Waals surface area contributed by atoms with Gasteiger partial charge in [-0.2, -0.15) is 11.8 Å². The van der Waals surface area contributed by atoms with Crippen LogP contribution in [-0.4, -0.2) is 29.1 Å². The van der Waals surface area contributed by atoms with E-state index in [9.17, 15) is 14.7 Å². The van der Waals surface area contributed by atoms with Gasteiger partial charge in [-0.25, -0.2) is 0 Å². The van der Waals surface area contributed by atoms with E-state index < -0.39 is 10.8 Å². The molecule has 1 aromatic carbocycles. The molecule has 1 aliphatic rings. The van der Waals surface area contributed by atoms with Gasteiger partial charge in [0.25, 0.3) is 0 Å². The van der Waals surface area contributed by atoms with Crippen LogP contribution in [0.4, 0.5) is 0 Å². The second-order valence-corrected chi connectivity index (χ2v) is 10.2. The van der Waals surface area contributed by atoms with Crippen LogP contribution < -0.4 is 10.7 Å². The van der Waals surface area contributed by atoms with Crippen molar-refractivity contribution in [3.8, 4) is 5.75 Å². The third-order valence-corrected chi connectivity index (χ3v) is 7.55. The maximum absolute atomic E-state index is 13.1. The number of carbonyl (C=O) groups excluding carboxylic acids is 1. The number of thioether (sulfide) groups is 1. The van der Waals surface area contributed by atoms with Crippen LogP contribution in [0.3, 0.4) is 0 Å². The minimum Gasteiger partial charge on any atom is -0.502 e. The first-order valence-electron chi connectivity index (χ1n) is 11.7. The number of nitrogens with one attached hydrogen (secondary N) is 1. The summed E-state index contributed by atoms with van der Waals surface area (Å²) in [5.74, 6) is 2.98. The maximum Gasteiger partial charge on any atom is 0.227 e. The quantitative estimate of drug-likeness (QED) is 0.450. The zero-order valence-corrected chi connectivity index (χ0v) is 20.2. The molecule has 0 aliphatic carbocycles. The van der Waals surface area contributed by atoms with Crippen molar-refractivity contribution in [2.24, 2.45) is 0 Å². The topological polar surface area (TPSA) is 92.7 Å². The van der Waals surface area contributed by atoms with Gasteiger partial charge in [0, 0.05) is 30.4 Å². The van der Waals surface area contributed by atoms with Crippen molar-refractivity contribution in [3.05, 3.63) is 87.9 Å². The van der Waals surface area contributed by atoms with Gasteiger partial charge in [-0.1, -0.05) is 30.3 Å². The largest absolute Gasteiger partial charge is 0.502 e. The number of aryl methyl sites for hydroxylation is 1. The van der Waals surface area contributed by atoms with E-state index >= 15 is 0 Å². The second-order valence-electron chi connectivity index (χ2n) is 9.01. The fourth-order valence-corrected chi connectivity index (χ4v) is 6.01. The molecule has 1 fully saturated rings. The second kappa shape index (κ2) is 11.0. The van der Waals surface area contributed by atoms with Crippen LogP contribution in [0.5, 0.6) is 5.75 Å². The molecule has 0 radical (unpaired) electrons. The van der Waals surface area contributed by atoms with Crippen molar-refractivity contribution in [3.63, 3.8) is 0 Å². The standard InChI is InChI=1S/C27H31NO5S/c1-19-16-22(29)25(31)26(33-19)27(10-14-34-15-11-27)18-24(30)28-12-9-21(23-8-5-13-32-23)17-20-6-3-2-4-7-20/h2-8,13,16,21,31H,9-12,14-15,17-18H2,1H3,(H,28,30). The van der Waals surface area contributed by atoms with E-state index in [4.69, 9.17) is 8.83 Å². The van der Waals surface area contributed by atoms with E-state index in [1.165, 1.54) is 11.6 Å². The highest BCUT2D eigenvalue weighted by Gasteiger charge is 2.41. The van der Waals surface area contributed by atoms with Crippen molar-refractivity contribution >= 4 is 17.7 Å². The summed E-state index contributed by atoms with van der Waals surface area (Å²) in [7, 11) is 0. The van der Waals surface area contributed by atoms with Crippen LogP contribution in [-0.2, 0) is 16.6 Å². The predicted molar refractivity (Wildman–Crippen MR) is 133 cm³/mol. The van der Waals surface area contributed by atoms with Gasteiger partial charge >= 0.3 is 0 Å².